The summed E-state index contributed by atoms with van der Waals surface area (Å²) in [6.07, 6.45) is -4.59. The van der Waals surface area contributed by atoms with E-state index in [0.717, 1.165) is 16.5 Å². The van der Waals surface area contributed by atoms with E-state index in [2.05, 4.69) is 26.5 Å². The number of fused-ring (bicyclic) bond motifs is 1. The normalized spacial score (nSPS) is 20.8. The van der Waals surface area contributed by atoms with Gasteiger partial charge < -0.3 is 20.7 Å². The number of hydrogen-bond acceptors (Lipinski definition) is 7. The lowest BCUT2D eigenvalue weighted by atomic mass is 9.84. The Balaban J connectivity index is 1.61. The van der Waals surface area contributed by atoms with Gasteiger partial charge >= 0.3 is 12.2 Å². The van der Waals surface area contributed by atoms with E-state index < -0.39 is 18.9 Å². The van der Waals surface area contributed by atoms with E-state index in [1.165, 1.54) is 0 Å². The SMILES string of the molecule is Cc1cc(C2NN=C(NC3CNC(=O)C3)O2)nc2c(C(C)(C)C)cc(NCC(F)(F)F)cc12. The van der Waals surface area contributed by atoms with Crippen molar-refractivity contribution in [3.8, 4) is 0 Å². The summed E-state index contributed by atoms with van der Waals surface area (Å²) >= 11 is 0. The second-order valence-electron chi connectivity index (χ2n) is 9.40. The van der Waals surface area contributed by atoms with Gasteiger partial charge in [-0.3, -0.25) is 10.2 Å². The average molecular weight is 464 g/mol. The molecule has 1 aromatic carbocycles. The van der Waals surface area contributed by atoms with Crippen LogP contribution in [0.2, 0.25) is 0 Å². The van der Waals surface area contributed by atoms with Crippen molar-refractivity contribution < 1.29 is 22.7 Å². The molecule has 0 saturated carbocycles. The van der Waals surface area contributed by atoms with Crippen molar-refractivity contribution in [1.82, 2.24) is 21.0 Å². The fourth-order valence-electron chi connectivity index (χ4n) is 3.88. The van der Waals surface area contributed by atoms with E-state index in [1.54, 1.807) is 12.1 Å². The number of hydrogen-bond donors (Lipinski definition) is 4. The van der Waals surface area contributed by atoms with Crippen LogP contribution in [0.4, 0.5) is 18.9 Å². The molecule has 8 nitrogen and oxygen atoms in total. The molecule has 11 heteroatoms. The minimum absolute atomic E-state index is 0.0266. The second-order valence-corrected chi connectivity index (χ2v) is 9.40. The molecular formula is C22H27F3N6O2. The molecule has 4 rings (SSSR count). The van der Waals surface area contributed by atoms with Crippen LogP contribution in [0, 0.1) is 6.92 Å². The first-order valence-electron chi connectivity index (χ1n) is 10.7. The third-order valence-corrected chi connectivity index (χ3v) is 5.53. The van der Waals surface area contributed by atoms with Gasteiger partial charge in [-0.05, 0) is 41.7 Å². The van der Waals surface area contributed by atoms with E-state index in [4.69, 9.17) is 9.72 Å². The lowest BCUT2D eigenvalue weighted by Crippen LogP contribution is -2.36. The van der Waals surface area contributed by atoms with Crippen molar-refractivity contribution in [2.45, 2.75) is 58.0 Å². The molecule has 0 bridgehead atoms. The van der Waals surface area contributed by atoms with Gasteiger partial charge in [0.05, 0.1) is 11.6 Å². The highest BCUT2D eigenvalue weighted by atomic mass is 19.4. The van der Waals surface area contributed by atoms with E-state index in [9.17, 15) is 18.0 Å². The Morgan fingerprint density at radius 1 is 1.21 bits per heavy atom. The standard InChI is InChI=1S/C22H27F3N6O2/c1-11-5-16(19-30-31-20(33-19)28-13-8-17(32)26-9-13)29-18-14(11)6-12(27-10-22(23,24)25)7-15(18)21(2,3)4/h5-7,13,19,27,30H,8-10H2,1-4H3,(H,26,32)(H,28,31). The molecule has 1 aromatic heterocycles. The van der Waals surface area contributed by atoms with Gasteiger partial charge in [-0.2, -0.15) is 13.2 Å². The maximum atomic E-state index is 12.7. The highest BCUT2D eigenvalue weighted by Gasteiger charge is 2.30. The molecule has 1 amide bonds. The van der Waals surface area contributed by atoms with Crippen LogP contribution in [0.1, 0.15) is 50.2 Å². The predicted molar refractivity (Wildman–Crippen MR) is 119 cm³/mol. The fourth-order valence-corrected chi connectivity index (χ4v) is 3.88. The van der Waals surface area contributed by atoms with Crippen molar-refractivity contribution in [2.24, 2.45) is 5.10 Å². The van der Waals surface area contributed by atoms with Crippen LogP contribution in [0.15, 0.2) is 23.3 Å². The summed E-state index contributed by atoms with van der Waals surface area (Å²) in [6.45, 7) is 7.25. The first kappa shape index (κ1) is 22.9. The van der Waals surface area contributed by atoms with Gasteiger partial charge in [0.15, 0.2) is 0 Å². The highest BCUT2D eigenvalue weighted by Crippen LogP contribution is 2.35. The van der Waals surface area contributed by atoms with Gasteiger partial charge in [0.1, 0.15) is 12.2 Å². The molecule has 1 fully saturated rings. The lowest BCUT2D eigenvalue weighted by Gasteiger charge is -2.24. The van der Waals surface area contributed by atoms with Crippen LogP contribution in [0.3, 0.4) is 0 Å². The number of rotatable bonds is 4. The Labute approximate surface area is 189 Å². The van der Waals surface area contributed by atoms with Crippen LogP contribution in [-0.2, 0) is 14.9 Å². The number of aryl methyl sites for hydroxylation is 1. The monoisotopic (exact) mass is 464 g/mol. The Bertz CT molecular complexity index is 1110. The average Bonchev–Trinajstić information content (AvgIpc) is 3.34. The number of carbonyl (C=O) groups excluding carboxylic acids is 1. The Kier molecular flexibility index (Phi) is 5.75. The molecule has 2 aromatic rings. The number of amides is 1. The predicted octanol–water partition coefficient (Wildman–Crippen LogP) is 3.18. The zero-order valence-electron chi connectivity index (χ0n) is 18.9. The van der Waals surface area contributed by atoms with E-state index in [0.29, 0.717) is 29.9 Å². The number of pyridine rings is 1. The van der Waals surface area contributed by atoms with Crippen molar-refractivity contribution >= 4 is 28.5 Å². The number of ether oxygens (including phenoxy) is 1. The van der Waals surface area contributed by atoms with Crippen LogP contribution in [0.5, 0.6) is 0 Å². The number of benzene rings is 1. The van der Waals surface area contributed by atoms with E-state index in [1.807, 2.05) is 33.8 Å². The first-order chi connectivity index (χ1) is 15.4. The molecule has 0 aliphatic carbocycles. The molecule has 1 saturated heterocycles. The maximum Gasteiger partial charge on any atom is 0.405 e. The summed E-state index contributed by atoms with van der Waals surface area (Å²) in [5.41, 5.74) is 5.92. The van der Waals surface area contributed by atoms with Crippen molar-refractivity contribution in [3.05, 3.63) is 35.0 Å². The number of amidine groups is 1. The zero-order chi connectivity index (χ0) is 24.0. The second kappa shape index (κ2) is 8.27. The van der Waals surface area contributed by atoms with E-state index >= 15 is 0 Å². The summed E-state index contributed by atoms with van der Waals surface area (Å²) in [7, 11) is 0. The molecule has 2 atom stereocenters. The third-order valence-electron chi connectivity index (χ3n) is 5.53. The number of anilines is 1. The van der Waals surface area contributed by atoms with Crippen molar-refractivity contribution in [1.29, 1.82) is 0 Å². The van der Waals surface area contributed by atoms with Gasteiger partial charge in [0, 0.05) is 24.0 Å². The van der Waals surface area contributed by atoms with Crippen LogP contribution in [-0.4, -0.2) is 42.2 Å². The molecule has 178 valence electrons. The Hall–Kier alpha value is -3.24. The molecule has 3 heterocycles. The number of nitrogens with zero attached hydrogens (tertiary/aromatic N) is 2. The van der Waals surface area contributed by atoms with Gasteiger partial charge in [0.2, 0.25) is 12.1 Å². The highest BCUT2D eigenvalue weighted by molar-refractivity contribution is 5.89. The minimum Gasteiger partial charge on any atom is -0.433 e. The molecule has 2 aliphatic heterocycles. The van der Waals surface area contributed by atoms with Gasteiger partial charge in [-0.15, -0.1) is 5.10 Å². The smallest absolute Gasteiger partial charge is 0.405 e. The largest absolute Gasteiger partial charge is 0.433 e. The molecular weight excluding hydrogens is 437 g/mol. The van der Waals surface area contributed by atoms with Gasteiger partial charge in [0.25, 0.3) is 0 Å². The molecule has 2 aliphatic rings. The number of hydrazone groups is 1. The summed E-state index contributed by atoms with van der Waals surface area (Å²) in [5, 5.41) is 13.2. The number of alkyl halides is 3. The Morgan fingerprint density at radius 3 is 2.61 bits per heavy atom. The molecule has 0 spiro atoms. The lowest BCUT2D eigenvalue weighted by molar-refractivity contribution is -0.119. The maximum absolute atomic E-state index is 12.7. The first-order valence-corrected chi connectivity index (χ1v) is 10.7. The van der Waals surface area contributed by atoms with E-state index in [-0.39, 0.29) is 23.4 Å². The summed E-state index contributed by atoms with van der Waals surface area (Å²) < 4.78 is 44.1. The van der Waals surface area contributed by atoms with Crippen LogP contribution < -0.4 is 21.4 Å². The van der Waals surface area contributed by atoms with Crippen molar-refractivity contribution in [2.75, 3.05) is 18.4 Å². The minimum atomic E-state index is -4.31. The molecule has 0 radical (unpaired) electrons. The quantitative estimate of drug-likeness (QED) is 0.555. The summed E-state index contributed by atoms with van der Waals surface area (Å²) in [6, 6.07) is 5.43. The van der Waals surface area contributed by atoms with Crippen LogP contribution in [0.25, 0.3) is 10.9 Å². The van der Waals surface area contributed by atoms with Gasteiger partial charge in [-0.1, -0.05) is 20.8 Å². The number of nitrogens with one attached hydrogen (secondary N) is 4. The molecule has 2 unspecified atom stereocenters. The Morgan fingerprint density at radius 2 is 1.97 bits per heavy atom. The summed E-state index contributed by atoms with van der Waals surface area (Å²) in [4.78, 5) is 16.2. The van der Waals surface area contributed by atoms with Gasteiger partial charge in [-0.25, -0.2) is 4.98 Å². The van der Waals surface area contributed by atoms with Crippen LogP contribution >= 0.6 is 0 Å². The number of carbonyl (C=O) groups is 1. The summed E-state index contributed by atoms with van der Waals surface area (Å²) in [5.74, 6) is -0.0266. The molecule has 4 N–H and O–H groups in total. The number of halogens is 3. The molecule has 33 heavy (non-hydrogen) atoms. The fraction of sp³-hybridized carbons (Fsp3) is 0.500. The topological polar surface area (TPSA) is 99.7 Å². The zero-order valence-corrected chi connectivity index (χ0v) is 18.9. The van der Waals surface area contributed by atoms with Crippen molar-refractivity contribution in [3.63, 3.8) is 0 Å². The third kappa shape index (κ3) is 5.23. The number of aromatic nitrogens is 1.